The Labute approximate surface area is 123 Å². The summed E-state index contributed by atoms with van der Waals surface area (Å²) in [7, 11) is 0. The maximum atomic E-state index is 12.3. The first kappa shape index (κ1) is 15.2. The molecule has 0 saturated heterocycles. The number of nitrogens with zero attached hydrogens (tertiary/aromatic N) is 3. The number of carbonyl (C=O) groups excluding carboxylic acids is 1. The Morgan fingerprint density at radius 2 is 2.29 bits per heavy atom. The van der Waals surface area contributed by atoms with E-state index in [4.69, 9.17) is 5.11 Å². The summed E-state index contributed by atoms with van der Waals surface area (Å²) < 4.78 is 1.64. The molecule has 0 radical (unpaired) electrons. The SMILES string of the molecule is CCC(CCO)NC(=O)c1cnn(-c2ccccn2)c1C. The van der Waals surface area contributed by atoms with Gasteiger partial charge in [0.15, 0.2) is 5.82 Å². The van der Waals surface area contributed by atoms with Gasteiger partial charge in [-0.1, -0.05) is 13.0 Å². The zero-order chi connectivity index (χ0) is 15.2. The molecule has 0 aliphatic carbocycles. The lowest BCUT2D eigenvalue weighted by atomic mass is 10.1. The molecule has 0 aromatic carbocycles. The molecule has 6 nitrogen and oxygen atoms in total. The summed E-state index contributed by atoms with van der Waals surface area (Å²) in [6, 6.07) is 5.51. The molecule has 6 heteroatoms. The van der Waals surface area contributed by atoms with Gasteiger partial charge < -0.3 is 10.4 Å². The monoisotopic (exact) mass is 288 g/mol. The lowest BCUT2D eigenvalue weighted by molar-refractivity contribution is 0.0928. The summed E-state index contributed by atoms with van der Waals surface area (Å²) in [6.07, 6.45) is 4.56. The van der Waals surface area contributed by atoms with E-state index in [2.05, 4.69) is 15.4 Å². The number of aromatic nitrogens is 3. The van der Waals surface area contributed by atoms with Crippen LogP contribution in [0.1, 0.15) is 35.8 Å². The predicted molar refractivity (Wildman–Crippen MR) is 79.3 cm³/mol. The van der Waals surface area contributed by atoms with E-state index in [0.717, 1.165) is 12.1 Å². The van der Waals surface area contributed by atoms with Crippen molar-refractivity contribution < 1.29 is 9.90 Å². The highest BCUT2D eigenvalue weighted by Crippen LogP contribution is 2.12. The van der Waals surface area contributed by atoms with E-state index >= 15 is 0 Å². The molecule has 0 aliphatic heterocycles. The molecule has 21 heavy (non-hydrogen) atoms. The van der Waals surface area contributed by atoms with Crippen LogP contribution in [-0.2, 0) is 0 Å². The second-order valence-corrected chi connectivity index (χ2v) is 4.83. The van der Waals surface area contributed by atoms with Crippen LogP contribution in [0.2, 0.25) is 0 Å². The minimum atomic E-state index is -0.171. The first-order valence-electron chi connectivity index (χ1n) is 7.05. The topological polar surface area (TPSA) is 80.0 Å². The summed E-state index contributed by atoms with van der Waals surface area (Å²) in [5, 5.41) is 16.1. The number of aliphatic hydroxyl groups excluding tert-OH is 1. The molecule has 1 amide bonds. The van der Waals surface area contributed by atoms with Gasteiger partial charge in [0, 0.05) is 18.8 Å². The van der Waals surface area contributed by atoms with Crippen molar-refractivity contribution in [1.29, 1.82) is 0 Å². The summed E-state index contributed by atoms with van der Waals surface area (Å²) in [5.74, 6) is 0.506. The summed E-state index contributed by atoms with van der Waals surface area (Å²) in [4.78, 5) is 16.5. The molecule has 2 rings (SSSR count). The first-order chi connectivity index (χ1) is 10.2. The van der Waals surface area contributed by atoms with Crippen LogP contribution in [0.4, 0.5) is 0 Å². The van der Waals surface area contributed by atoms with Crippen LogP contribution in [0.5, 0.6) is 0 Å². The minimum absolute atomic E-state index is 0.0277. The molecule has 2 N–H and O–H groups in total. The van der Waals surface area contributed by atoms with E-state index in [9.17, 15) is 4.79 Å². The fourth-order valence-corrected chi connectivity index (χ4v) is 2.14. The lowest BCUT2D eigenvalue weighted by Crippen LogP contribution is -2.35. The third-order valence-corrected chi connectivity index (χ3v) is 3.43. The lowest BCUT2D eigenvalue weighted by Gasteiger charge is -2.15. The van der Waals surface area contributed by atoms with Gasteiger partial charge in [0.25, 0.3) is 5.91 Å². The molecule has 0 saturated carbocycles. The standard InChI is InChI=1S/C15H20N4O2/c1-3-12(7-9-20)18-15(21)13-10-17-19(11(13)2)14-6-4-5-8-16-14/h4-6,8,10,12,20H,3,7,9H2,1-2H3,(H,18,21). The average Bonchev–Trinajstić information content (AvgIpc) is 2.89. The van der Waals surface area contributed by atoms with Gasteiger partial charge in [-0.2, -0.15) is 5.10 Å². The number of rotatable bonds is 6. The number of hydrogen-bond donors (Lipinski definition) is 2. The maximum absolute atomic E-state index is 12.3. The molecule has 1 atom stereocenters. The number of pyridine rings is 1. The Kier molecular flexibility index (Phi) is 5.05. The fourth-order valence-electron chi connectivity index (χ4n) is 2.14. The number of aliphatic hydroxyl groups is 1. The molecule has 0 bridgehead atoms. The van der Waals surface area contributed by atoms with Crippen LogP contribution >= 0.6 is 0 Å². The van der Waals surface area contributed by atoms with Gasteiger partial charge in [0.2, 0.25) is 0 Å². The number of hydrogen-bond acceptors (Lipinski definition) is 4. The van der Waals surface area contributed by atoms with Crippen molar-refractivity contribution >= 4 is 5.91 Å². The van der Waals surface area contributed by atoms with E-state index in [1.54, 1.807) is 17.1 Å². The molecule has 0 fully saturated rings. The molecular weight excluding hydrogens is 268 g/mol. The molecule has 0 aliphatic rings. The van der Waals surface area contributed by atoms with Crippen molar-refractivity contribution in [3.8, 4) is 5.82 Å². The minimum Gasteiger partial charge on any atom is -0.396 e. The molecule has 2 aromatic rings. The van der Waals surface area contributed by atoms with Gasteiger partial charge in [-0.15, -0.1) is 0 Å². The van der Waals surface area contributed by atoms with Crippen LogP contribution in [0.25, 0.3) is 5.82 Å². The zero-order valence-electron chi connectivity index (χ0n) is 12.3. The Morgan fingerprint density at radius 1 is 1.48 bits per heavy atom. The highest BCUT2D eigenvalue weighted by atomic mass is 16.3. The zero-order valence-corrected chi connectivity index (χ0v) is 12.3. The van der Waals surface area contributed by atoms with Crippen molar-refractivity contribution in [1.82, 2.24) is 20.1 Å². The van der Waals surface area contributed by atoms with Crippen LogP contribution in [0.3, 0.4) is 0 Å². The molecule has 1 unspecified atom stereocenters. The van der Waals surface area contributed by atoms with Gasteiger partial charge >= 0.3 is 0 Å². The normalized spacial score (nSPS) is 12.1. The second-order valence-electron chi connectivity index (χ2n) is 4.83. The van der Waals surface area contributed by atoms with Gasteiger partial charge in [0.1, 0.15) is 0 Å². The average molecular weight is 288 g/mol. The van der Waals surface area contributed by atoms with Crippen LogP contribution in [0, 0.1) is 6.92 Å². The van der Waals surface area contributed by atoms with Crippen molar-refractivity contribution in [2.24, 2.45) is 0 Å². The third-order valence-electron chi connectivity index (χ3n) is 3.43. The maximum Gasteiger partial charge on any atom is 0.254 e. The number of amides is 1. The number of nitrogens with one attached hydrogen (secondary N) is 1. The Morgan fingerprint density at radius 3 is 2.90 bits per heavy atom. The molecular formula is C15H20N4O2. The summed E-state index contributed by atoms with van der Waals surface area (Å²) in [6.45, 7) is 3.87. The van der Waals surface area contributed by atoms with E-state index in [1.807, 2.05) is 32.0 Å². The summed E-state index contributed by atoms with van der Waals surface area (Å²) >= 11 is 0. The van der Waals surface area contributed by atoms with Gasteiger partial charge in [-0.3, -0.25) is 4.79 Å². The van der Waals surface area contributed by atoms with Crippen molar-refractivity contribution in [3.63, 3.8) is 0 Å². The Balaban J connectivity index is 2.18. The number of carbonyl (C=O) groups is 1. The van der Waals surface area contributed by atoms with Crippen LogP contribution < -0.4 is 5.32 Å². The van der Waals surface area contributed by atoms with Gasteiger partial charge in [-0.25, -0.2) is 9.67 Å². The van der Waals surface area contributed by atoms with Crippen molar-refractivity contribution in [2.75, 3.05) is 6.61 Å². The van der Waals surface area contributed by atoms with Crippen molar-refractivity contribution in [2.45, 2.75) is 32.7 Å². The summed E-state index contributed by atoms with van der Waals surface area (Å²) in [5.41, 5.74) is 1.27. The van der Waals surface area contributed by atoms with Crippen LogP contribution in [0.15, 0.2) is 30.6 Å². The first-order valence-corrected chi connectivity index (χ1v) is 7.05. The Hall–Kier alpha value is -2.21. The molecule has 2 aromatic heterocycles. The predicted octanol–water partition coefficient (Wildman–Crippen LogP) is 1.47. The van der Waals surface area contributed by atoms with Crippen LogP contribution in [-0.4, -0.2) is 38.4 Å². The molecule has 0 spiro atoms. The second kappa shape index (κ2) is 6.99. The van der Waals surface area contributed by atoms with E-state index in [0.29, 0.717) is 17.8 Å². The van der Waals surface area contributed by atoms with E-state index in [-0.39, 0.29) is 18.6 Å². The van der Waals surface area contributed by atoms with E-state index < -0.39 is 0 Å². The molecule has 2 heterocycles. The van der Waals surface area contributed by atoms with E-state index in [1.165, 1.54) is 0 Å². The smallest absolute Gasteiger partial charge is 0.254 e. The largest absolute Gasteiger partial charge is 0.396 e. The van der Waals surface area contributed by atoms with Crippen molar-refractivity contribution in [3.05, 3.63) is 41.9 Å². The third kappa shape index (κ3) is 3.46. The van der Waals surface area contributed by atoms with Gasteiger partial charge in [-0.05, 0) is 31.9 Å². The molecule has 112 valence electrons. The van der Waals surface area contributed by atoms with Gasteiger partial charge in [0.05, 0.1) is 17.5 Å². The highest BCUT2D eigenvalue weighted by molar-refractivity contribution is 5.95. The fraction of sp³-hybridized carbons (Fsp3) is 0.400. The highest BCUT2D eigenvalue weighted by Gasteiger charge is 2.18. The quantitative estimate of drug-likeness (QED) is 0.843. The Bertz CT molecular complexity index is 595.